The molecule has 2 nitrogen and oxygen atoms in total. The first-order valence-corrected chi connectivity index (χ1v) is 4.58. The minimum atomic E-state index is 0.119. The summed E-state index contributed by atoms with van der Waals surface area (Å²) >= 11 is 0. The van der Waals surface area contributed by atoms with Crippen LogP contribution in [0.3, 0.4) is 0 Å². The van der Waals surface area contributed by atoms with E-state index in [1.807, 2.05) is 19.9 Å². The van der Waals surface area contributed by atoms with Gasteiger partial charge in [-0.15, -0.1) is 0 Å². The highest BCUT2D eigenvalue weighted by Crippen LogP contribution is 1.96. The average Bonchev–Trinajstić information content (AvgIpc) is 2.03. The summed E-state index contributed by atoms with van der Waals surface area (Å²) in [6, 6.07) is 0. The predicted octanol–water partition coefficient (Wildman–Crippen LogP) is 2.07. The maximum atomic E-state index is 11.3. The molecule has 0 N–H and O–H groups in total. The Kier molecular flexibility index (Phi) is 5.43. The Morgan fingerprint density at radius 1 is 1.33 bits per heavy atom. The molecule has 0 aromatic carbocycles. The van der Waals surface area contributed by atoms with Crippen molar-refractivity contribution in [3.63, 3.8) is 0 Å². The van der Waals surface area contributed by atoms with E-state index >= 15 is 0 Å². The number of amides is 1. The van der Waals surface area contributed by atoms with Crippen molar-refractivity contribution in [2.24, 2.45) is 5.92 Å². The van der Waals surface area contributed by atoms with Crippen LogP contribution in [-0.4, -0.2) is 23.9 Å². The van der Waals surface area contributed by atoms with Gasteiger partial charge >= 0.3 is 0 Å². The Hall–Kier alpha value is -0.790. The molecule has 0 aliphatic rings. The Labute approximate surface area is 75.3 Å². The molecule has 0 bridgehead atoms. The standard InChI is InChI=1S/C10H19NO/c1-5-11(6-2)10(12)8-7-9(3)4/h7-9H,5-6H2,1-4H3/b8-7+. The van der Waals surface area contributed by atoms with E-state index in [0.29, 0.717) is 5.92 Å². The minimum absolute atomic E-state index is 0.119. The molecule has 0 unspecified atom stereocenters. The van der Waals surface area contributed by atoms with Crippen molar-refractivity contribution in [1.82, 2.24) is 4.90 Å². The third kappa shape index (κ3) is 4.16. The van der Waals surface area contributed by atoms with Crippen molar-refractivity contribution in [1.29, 1.82) is 0 Å². The molecule has 0 saturated carbocycles. The second-order valence-electron chi connectivity index (χ2n) is 3.11. The lowest BCUT2D eigenvalue weighted by atomic mass is 10.2. The number of hydrogen-bond acceptors (Lipinski definition) is 1. The Morgan fingerprint density at radius 2 is 1.83 bits per heavy atom. The summed E-state index contributed by atoms with van der Waals surface area (Å²) in [5.74, 6) is 0.568. The van der Waals surface area contributed by atoms with Crippen molar-refractivity contribution in [2.75, 3.05) is 13.1 Å². The van der Waals surface area contributed by atoms with E-state index in [2.05, 4.69) is 13.8 Å². The van der Waals surface area contributed by atoms with Gasteiger partial charge in [-0.25, -0.2) is 0 Å². The maximum absolute atomic E-state index is 11.3. The second kappa shape index (κ2) is 5.81. The van der Waals surface area contributed by atoms with Crippen molar-refractivity contribution in [2.45, 2.75) is 27.7 Å². The third-order valence-corrected chi connectivity index (χ3v) is 1.70. The van der Waals surface area contributed by atoms with Crippen LogP contribution in [0, 0.1) is 5.92 Å². The molecule has 1 amide bonds. The highest BCUT2D eigenvalue weighted by atomic mass is 16.2. The molecule has 0 aliphatic carbocycles. The van der Waals surface area contributed by atoms with Crippen LogP contribution < -0.4 is 0 Å². The molecule has 0 aromatic rings. The largest absolute Gasteiger partial charge is 0.340 e. The van der Waals surface area contributed by atoms with Gasteiger partial charge in [-0.2, -0.15) is 0 Å². The van der Waals surface area contributed by atoms with Crippen molar-refractivity contribution < 1.29 is 4.79 Å². The second-order valence-corrected chi connectivity index (χ2v) is 3.11. The van der Waals surface area contributed by atoms with Gasteiger partial charge in [0.1, 0.15) is 0 Å². The highest BCUT2D eigenvalue weighted by Gasteiger charge is 2.03. The zero-order chi connectivity index (χ0) is 9.56. The normalized spacial score (nSPS) is 11.1. The SMILES string of the molecule is CCN(CC)C(=O)/C=C/C(C)C. The van der Waals surface area contributed by atoms with E-state index < -0.39 is 0 Å². The quantitative estimate of drug-likeness (QED) is 0.590. The smallest absolute Gasteiger partial charge is 0.246 e. The first-order valence-electron chi connectivity index (χ1n) is 4.58. The monoisotopic (exact) mass is 169 g/mol. The van der Waals surface area contributed by atoms with Crippen LogP contribution in [0.2, 0.25) is 0 Å². The van der Waals surface area contributed by atoms with Gasteiger partial charge in [0, 0.05) is 13.1 Å². The lowest BCUT2D eigenvalue weighted by Crippen LogP contribution is -2.28. The zero-order valence-electron chi connectivity index (χ0n) is 8.50. The number of allylic oxidation sites excluding steroid dienone is 1. The van der Waals surface area contributed by atoms with E-state index in [0.717, 1.165) is 13.1 Å². The third-order valence-electron chi connectivity index (χ3n) is 1.70. The minimum Gasteiger partial charge on any atom is -0.340 e. The first-order chi connectivity index (χ1) is 5.61. The van der Waals surface area contributed by atoms with Crippen molar-refractivity contribution >= 4 is 5.91 Å². The lowest BCUT2D eigenvalue weighted by Gasteiger charge is -2.15. The summed E-state index contributed by atoms with van der Waals surface area (Å²) in [4.78, 5) is 13.2. The van der Waals surface area contributed by atoms with Crippen LogP contribution in [0.5, 0.6) is 0 Å². The summed E-state index contributed by atoms with van der Waals surface area (Å²) in [7, 11) is 0. The van der Waals surface area contributed by atoms with E-state index in [9.17, 15) is 4.79 Å². The maximum Gasteiger partial charge on any atom is 0.246 e. The molecule has 0 radical (unpaired) electrons. The highest BCUT2D eigenvalue weighted by molar-refractivity contribution is 5.87. The molecule has 0 aromatic heterocycles. The fraction of sp³-hybridized carbons (Fsp3) is 0.700. The number of hydrogen-bond donors (Lipinski definition) is 0. The van der Waals surface area contributed by atoms with E-state index in [1.165, 1.54) is 0 Å². The van der Waals surface area contributed by atoms with E-state index in [1.54, 1.807) is 11.0 Å². The number of rotatable bonds is 4. The molecule has 2 heteroatoms. The van der Waals surface area contributed by atoms with Gasteiger partial charge in [0.05, 0.1) is 0 Å². The van der Waals surface area contributed by atoms with Crippen LogP contribution in [0.4, 0.5) is 0 Å². The van der Waals surface area contributed by atoms with Crippen molar-refractivity contribution in [3.05, 3.63) is 12.2 Å². The van der Waals surface area contributed by atoms with Crippen LogP contribution in [-0.2, 0) is 4.79 Å². The van der Waals surface area contributed by atoms with Gasteiger partial charge in [-0.1, -0.05) is 19.9 Å². The van der Waals surface area contributed by atoms with Gasteiger partial charge in [0.2, 0.25) is 5.91 Å². The predicted molar refractivity (Wildman–Crippen MR) is 51.9 cm³/mol. The topological polar surface area (TPSA) is 20.3 Å². The molecule has 0 spiro atoms. The molecule has 0 rings (SSSR count). The van der Waals surface area contributed by atoms with Crippen LogP contribution in [0.25, 0.3) is 0 Å². The van der Waals surface area contributed by atoms with Crippen LogP contribution in [0.15, 0.2) is 12.2 Å². The average molecular weight is 169 g/mol. The summed E-state index contributed by atoms with van der Waals surface area (Å²) in [6.45, 7) is 9.68. The lowest BCUT2D eigenvalue weighted by molar-refractivity contribution is -0.125. The molecule has 0 saturated heterocycles. The van der Waals surface area contributed by atoms with Gasteiger partial charge in [-0.3, -0.25) is 4.79 Å². The molecule has 12 heavy (non-hydrogen) atoms. The van der Waals surface area contributed by atoms with Crippen LogP contribution in [0.1, 0.15) is 27.7 Å². The Morgan fingerprint density at radius 3 is 2.17 bits per heavy atom. The first kappa shape index (κ1) is 11.2. The zero-order valence-corrected chi connectivity index (χ0v) is 8.50. The Bertz CT molecular complexity index is 157. The molecule has 0 fully saturated rings. The number of likely N-dealkylation sites (N-methyl/N-ethyl adjacent to an activating group) is 1. The molecule has 0 atom stereocenters. The van der Waals surface area contributed by atoms with Gasteiger partial charge in [0.25, 0.3) is 0 Å². The van der Waals surface area contributed by atoms with E-state index in [-0.39, 0.29) is 5.91 Å². The van der Waals surface area contributed by atoms with E-state index in [4.69, 9.17) is 0 Å². The van der Waals surface area contributed by atoms with Gasteiger partial charge in [0.15, 0.2) is 0 Å². The van der Waals surface area contributed by atoms with Gasteiger partial charge < -0.3 is 4.90 Å². The molecule has 0 heterocycles. The fourth-order valence-corrected chi connectivity index (χ4v) is 0.915. The molecule has 70 valence electrons. The fourth-order valence-electron chi connectivity index (χ4n) is 0.915. The summed E-state index contributed by atoms with van der Waals surface area (Å²) in [5, 5.41) is 0. The number of carbonyl (C=O) groups is 1. The number of nitrogens with zero attached hydrogens (tertiary/aromatic N) is 1. The summed E-state index contributed by atoms with van der Waals surface area (Å²) < 4.78 is 0. The number of carbonyl (C=O) groups excluding carboxylic acids is 1. The molecule has 0 aliphatic heterocycles. The summed E-state index contributed by atoms with van der Waals surface area (Å²) in [5.41, 5.74) is 0. The molecular weight excluding hydrogens is 150 g/mol. The summed E-state index contributed by atoms with van der Waals surface area (Å²) in [6.07, 6.45) is 3.60. The van der Waals surface area contributed by atoms with Crippen molar-refractivity contribution in [3.8, 4) is 0 Å². The van der Waals surface area contributed by atoms with Crippen LogP contribution >= 0.6 is 0 Å². The Balaban J connectivity index is 4.01. The molecular formula is C10H19NO. The van der Waals surface area contributed by atoms with Gasteiger partial charge in [-0.05, 0) is 25.8 Å².